The Labute approximate surface area is 242 Å². The van der Waals surface area contributed by atoms with Crippen LogP contribution in [0.5, 0.6) is 0 Å². The van der Waals surface area contributed by atoms with Gasteiger partial charge in [-0.1, -0.05) is 6.07 Å². The Morgan fingerprint density at radius 2 is 1.14 bits per heavy atom. The van der Waals surface area contributed by atoms with Gasteiger partial charge in [0, 0.05) is 55.2 Å². The number of pyridine rings is 1. The van der Waals surface area contributed by atoms with Crippen molar-refractivity contribution < 1.29 is 69.2 Å². The highest BCUT2D eigenvalue weighted by molar-refractivity contribution is 7.11. The molecule has 0 radical (unpaired) electrons. The molecule has 2 atom stereocenters. The van der Waals surface area contributed by atoms with E-state index in [2.05, 4.69) is 46.0 Å². The van der Waals surface area contributed by atoms with E-state index in [0.29, 0.717) is 0 Å². The van der Waals surface area contributed by atoms with Gasteiger partial charge >= 0.3 is 36.4 Å². The summed E-state index contributed by atoms with van der Waals surface area (Å²) >= 11 is 1.94. The van der Waals surface area contributed by atoms with Gasteiger partial charge in [0.25, 0.3) is 0 Å². The molecule has 0 bridgehead atoms. The first-order valence-electron chi connectivity index (χ1n) is 11.9. The Morgan fingerprint density at radius 1 is 0.744 bits per heavy atom. The van der Waals surface area contributed by atoms with Crippen LogP contribution in [0.25, 0.3) is 0 Å². The predicted octanol–water partition coefficient (Wildman–Crippen LogP) is 4.92. The lowest BCUT2D eigenvalue weighted by Crippen LogP contribution is -2.28. The highest BCUT2D eigenvalue weighted by Gasteiger charge is 2.40. The van der Waals surface area contributed by atoms with E-state index in [1.54, 1.807) is 0 Å². The molecule has 2 aromatic heterocycles. The molecule has 9 nitrogen and oxygen atoms in total. The van der Waals surface area contributed by atoms with Crippen molar-refractivity contribution >= 4 is 29.2 Å². The molecule has 0 aromatic carbocycles. The Balaban J connectivity index is 0.000000363. The van der Waals surface area contributed by atoms with Crippen LogP contribution in [-0.4, -0.2) is 92.7 Å². The molecule has 4 rings (SSSR count). The zero-order chi connectivity index (χ0) is 33.2. The van der Waals surface area contributed by atoms with Crippen molar-refractivity contribution in [1.29, 1.82) is 0 Å². The topological polar surface area (TPSA) is 131 Å². The first-order chi connectivity index (χ1) is 19.6. The lowest BCUT2D eigenvalue weighted by Gasteiger charge is -2.20. The Hall–Kier alpha value is -3.45. The minimum atomic E-state index is -5.08. The number of hydrogen-bond donors (Lipinski definition) is 3. The van der Waals surface area contributed by atoms with Crippen LogP contribution in [0.1, 0.15) is 15.4 Å². The number of carbonyl (C=O) groups is 3. The van der Waals surface area contributed by atoms with Crippen molar-refractivity contribution in [2.75, 3.05) is 26.2 Å². The van der Waals surface area contributed by atoms with Gasteiger partial charge in [-0.15, -0.1) is 11.3 Å². The third-order valence-corrected chi connectivity index (χ3v) is 6.64. The van der Waals surface area contributed by atoms with Gasteiger partial charge in [0.15, 0.2) is 0 Å². The Kier molecular flexibility index (Phi) is 13.9. The number of thiophene rings is 1. The van der Waals surface area contributed by atoms with Crippen molar-refractivity contribution in [3.63, 3.8) is 0 Å². The second-order valence-corrected chi connectivity index (χ2v) is 10.5. The van der Waals surface area contributed by atoms with Gasteiger partial charge < -0.3 is 15.3 Å². The first-order valence-corrected chi connectivity index (χ1v) is 12.7. The monoisotopic (exact) mass is 655 g/mol. The predicted molar refractivity (Wildman–Crippen MR) is 132 cm³/mol. The fourth-order valence-corrected chi connectivity index (χ4v) is 4.89. The van der Waals surface area contributed by atoms with E-state index in [9.17, 15) is 39.5 Å². The summed E-state index contributed by atoms with van der Waals surface area (Å²) in [5.74, 6) is -6.57. The van der Waals surface area contributed by atoms with Gasteiger partial charge in [0.05, 0.1) is 5.69 Å². The van der Waals surface area contributed by atoms with E-state index < -0.39 is 36.4 Å². The number of likely N-dealkylation sites (tertiary alicyclic amines) is 2. The number of nitrogens with zero attached hydrogens (tertiary/aromatic N) is 3. The van der Waals surface area contributed by atoms with E-state index in [4.69, 9.17) is 29.7 Å². The van der Waals surface area contributed by atoms with Gasteiger partial charge in [-0.05, 0) is 43.0 Å². The molecule has 0 unspecified atom stereocenters. The number of aliphatic carboxylic acids is 3. The molecule has 4 heterocycles. The minimum Gasteiger partial charge on any atom is -0.475 e. The Morgan fingerprint density at radius 3 is 1.44 bits per heavy atom. The summed E-state index contributed by atoms with van der Waals surface area (Å²) in [5, 5.41) is 21.4. The number of fused-ring (bicyclic) bond motifs is 1. The van der Waals surface area contributed by atoms with Gasteiger partial charge in [-0.25, -0.2) is 14.4 Å². The lowest BCUT2D eigenvalue weighted by molar-refractivity contribution is -0.193. The van der Waals surface area contributed by atoms with Crippen molar-refractivity contribution in [2.24, 2.45) is 11.8 Å². The molecular weight excluding hydrogens is 629 g/mol. The maximum atomic E-state index is 10.6. The molecule has 0 amide bonds. The average molecular weight is 656 g/mol. The van der Waals surface area contributed by atoms with Crippen molar-refractivity contribution in [2.45, 2.75) is 38.5 Å². The zero-order valence-corrected chi connectivity index (χ0v) is 22.9. The highest BCUT2D eigenvalue weighted by Crippen LogP contribution is 2.33. The molecule has 19 heteroatoms. The van der Waals surface area contributed by atoms with Crippen LogP contribution < -0.4 is 0 Å². The van der Waals surface area contributed by atoms with Crippen LogP contribution in [-0.2, 0) is 27.5 Å². The second-order valence-electron chi connectivity index (χ2n) is 9.15. The molecule has 0 spiro atoms. The minimum absolute atomic E-state index is 0.852. The molecule has 2 aliphatic heterocycles. The molecule has 43 heavy (non-hydrogen) atoms. The number of aromatic nitrogens is 1. The second kappa shape index (κ2) is 15.9. The van der Waals surface area contributed by atoms with E-state index >= 15 is 0 Å². The maximum absolute atomic E-state index is 10.6. The molecule has 2 saturated heterocycles. The number of hydrogen-bond acceptors (Lipinski definition) is 7. The molecule has 0 saturated carbocycles. The molecule has 3 N–H and O–H groups in total. The van der Waals surface area contributed by atoms with Gasteiger partial charge in [0.1, 0.15) is 0 Å². The summed E-state index contributed by atoms with van der Waals surface area (Å²) in [4.78, 5) is 39.3. The fourth-order valence-electron chi connectivity index (χ4n) is 3.96. The molecule has 2 fully saturated rings. The van der Waals surface area contributed by atoms with Crippen molar-refractivity contribution in [1.82, 2.24) is 14.8 Å². The molecule has 2 aliphatic rings. The summed E-state index contributed by atoms with van der Waals surface area (Å²) < 4.78 is 95.2. The Bertz CT molecular complexity index is 1120. The van der Waals surface area contributed by atoms with E-state index in [1.807, 2.05) is 23.6 Å². The van der Waals surface area contributed by atoms with Crippen LogP contribution in [0.4, 0.5) is 39.5 Å². The fraction of sp³-hybridized carbons (Fsp3) is 0.500. The maximum Gasteiger partial charge on any atom is 0.490 e. The van der Waals surface area contributed by atoms with Crippen molar-refractivity contribution in [3.8, 4) is 0 Å². The number of rotatable bonds is 4. The highest BCUT2D eigenvalue weighted by atomic mass is 32.1. The van der Waals surface area contributed by atoms with Gasteiger partial charge in [-0.3, -0.25) is 14.8 Å². The third kappa shape index (κ3) is 14.5. The molecule has 242 valence electrons. The van der Waals surface area contributed by atoms with Crippen LogP contribution in [0.15, 0.2) is 36.5 Å². The number of carboxylic acid groups (broad SMARTS) is 3. The zero-order valence-electron chi connectivity index (χ0n) is 22.1. The largest absolute Gasteiger partial charge is 0.490 e. The number of halogens is 9. The summed E-state index contributed by atoms with van der Waals surface area (Å²) in [6.07, 6.45) is -13.4. The van der Waals surface area contributed by atoms with Crippen LogP contribution in [0.2, 0.25) is 0 Å². The standard InChI is InChI=1S/C18H23N3S.3C2HF3O2/c1-14-5-6-18(22-14)13-21-10-15-8-20(9-16(15)11-21)12-17-4-2-3-7-19-17;3*3-2(4,5)1(6)7/h2-7,15-16H,8-13H2,1H3;3*(H,6,7)/t15-,16+;;;. The van der Waals surface area contributed by atoms with Crippen LogP contribution in [0, 0.1) is 18.8 Å². The molecule has 2 aromatic rings. The van der Waals surface area contributed by atoms with E-state index in [-0.39, 0.29) is 0 Å². The van der Waals surface area contributed by atoms with Crippen molar-refractivity contribution in [3.05, 3.63) is 52.0 Å². The quantitative estimate of drug-likeness (QED) is 0.393. The third-order valence-electron chi connectivity index (χ3n) is 5.65. The summed E-state index contributed by atoms with van der Waals surface area (Å²) in [6.45, 7) is 9.36. The van der Waals surface area contributed by atoms with Gasteiger partial charge in [-0.2, -0.15) is 39.5 Å². The lowest BCUT2D eigenvalue weighted by atomic mass is 10.0. The number of carboxylic acids is 3. The molecular formula is C24H26F9N3O6S. The normalized spacial score (nSPS) is 18.7. The summed E-state index contributed by atoms with van der Waals surface area (Å²) in [6, 6.07) is 10.8. The SMILES string of the molecule is Cc1ccc(CN2C[C@H]3CN(Cc4ccccn4)C[C@H]3C2)s1.O=C(O)C(F)(F)F.O=C(O)C(F)(F)F.O=C(O)C(F)(F)F. The molecule has 0 aliphatic carbocycles. The van der Waals surface area contributed by atoms with Crippen LogP contribution in [0.3, 0.4) is 0 Å². The van der Waals surface area contributed by atoms with E-state index in [0.717, 1.165) is 24.9 Å². The summed E-state index contributed by atoms with van der Waals surface area (Å²) in [7, 11) is 0. The van der Waals surface area contributed by atoms with E-state index in [1.165, 1.54) is 41.6 Å². The number of aryl methyl sites for hydroxylation is 1. The van der Waals surface area contributed by atoms with Crippen LogP contribution >= 0.6 is 11.3 Å². The number of alkyl halides is 9. The first kappa shape index (κ1) is 37.6. The smallest absolute Gasteiger partial charge is 0.475 e. The average Bonchev–Trinajstić information content (AvgIpc) is 3.54. The van der Waals surface area contributed by atoms with Gasteiger partial charge in [0.2, 0.25) is 0 Å². The summed E-state index contributed by atoms with van der Waals surface area (Å²) in [5.41, 5.74) is 1.20.